The molecule has 0 aliphatic carbocycles. The summed E-state index contributed by atoms with van der Waals surface area (Å²) < 4.78 is 15.5. The Morgan fingerprint density at radius 2 is 1.60 bits per heavy atom. The zero-order valence-electron chi connectivity index (χ0n) is 9.84. The van der Waals surface area contributed by atoms with Gasteiger partial charge in [0.1, 0.15) is 0 Å². The lowest BCUT2D eigenvalue weighted by molar-refractivity contribution is 0.0240. The van der Waals surface area contributed by atoms with Crippen LogP contribution >= 0.6 is 15.9 Å². The lowest BCUT2D eigenvalue weighted by atomic mass is 10.2. The van der Waals surface area contributed by atoms with Gasteiger partial charge in [0.25, 0.3) is 0 Å². The Kier molecular flexibility index (Phi) is 12.7. The molecule has 0 spiro atoms. The molecule has 0 aliphatic rings. The summed E-state index contributed by atoms with van der Waals surface area (Å²) in [5.41, 5.74) is 0. The van der Waals surface area contributed by atoms with E-state index in [0.29, 0.717) is 31.3 Å². The van der Waals surface area contributed by atoms with Gasteiger partial charge in [0.05, 0.1) is 26.4 Å². The quantitative estimate of drug-likeness (QED) is 0.431. The molecule has 0 fully saturated rings. The molecule has 0 bridgehead atoms. The SMILES string of the molecule is CCC(Br)CCCOCCOCCOC. The van der Waals surface area contributed by atoms with E-state index in [1.807, 2.05) is 0 Å². The van der Waals surface area contributed by atoms with E-state index in [1.54, 1.807) is 7.11 Å². The maximum Gasteiger partial charge on any atom is 0.0701 e. The average Bonchev–Trinajstić information content (AvgIpc) is 2.26. The van der Waals surface area contributed by atoms with Crippen molar-refractivity contribution in [1.29, 1.82) is 0 Å². The topological polar surface area (TPSA) is 27.7 Å². The van der Waals surface area contributed by atoms with Crippen molar-refractivity contribution in [2.45, 2.75) is 31.0 Å². The first-order valence-electron chi connectivity index (χ1n) is 5.59. The van der Waals surface area contributed by atoms with Crippen LogP contribution in [0.15, 0.2) is 0 Å². The molecule has 0 aromatic rings. The molecular weight excluding hydrogens is 260 g/mol. The monoisotopic (exact) mass is 282 g/mol. The molecule has 4 heteroatoms. The van der Waals surface area contributed by atoms with Gasteiger partial charge in [-0.1, -0.05) is 22.9 Å². The molecule has 1 unspecified atom stereocenters. The third-order valence-electron chi connectivity index (χ3n) is 2.05. The molecule has 0 heterocycles. The minimum atomic E-state index is 0.638. The normalized spacial score (nSPS) is 13.0. The smallest absolute Gasteiger partial charge is 0.0701 e. The third kappa shape index (κ3) is 12.3. The van der Waals surface area contributed by atoms with Gasteiger partial charge in [-0.15, -0.1) is 0 Å². The minimum absolute atomic E-state index is 0.638. The molecule has 0 amide bonds. The van der Waals surface area contributed by atoms with E-state index in [4.69, 9.17) is 14.2 Å². The molecule has 15 heavy (non-hydrogen) atoms. The Labute approximate surface area is 102 Å². The molecule has 1 atom stereocenters. The molecule has 0 saturated heterocycles. The second-order valence-corrected chi connectivity index (χ2v) is 4.66. The summed E-state index contributed by atoms with van der Waals surface area (Å²) in [6.07, 6.45) is 3.48. The molecule has 0 aromatic heterocycles. The summed E-state index contributed by atoms with van der Waals surface area (Å²) in [4.78, 5) is 0.638. The van der Waals surface area contributed by atoms with Crippen LogP contribution in [-0.4, -0.2) is 45.0 Å². The fourth-order valence-electron chi connectivity index (χ4n) is 1.08. The van der Waals surface area contributed by atoms with Crippen LogP contribution < -0.4 is 0 Å². The highest BCUT2D eigenvalue weighted by atomic mass is 79.9. The van der Waals surface area contributed by atoms with Gasteiger partial charge in [0.15, 0.2) is 0 Å². The van der Waals surface area contributed by atoms with Crippen molar-refractivity contribution in [2.75, 3.05) is 40.1 Å². The summed E-state index contributed by atoms with van der Waals surface area (Å²) in [5, 5.41) is 0. The van der Waals surface area contributed by atoms with Crippen molar-refractivity contribution in [1.82, 2.24) is 0 Å². The van der Waals surface area contributed by atoms with Crippen LogP contribution in [0.4, 0.5) is 0 Å². The molecule has 0 saturated carbocycles. The lowest BCUT2D eigenvalue weighted by Gasteiger charge is -2.07. The van der Waals surface area contributed by atoms with Gasteiger partial charge < -0.3 is 14.2 Å². The molecule has 0 aliphatic heterocycles. The Hall–Kier alpha value is 0.360. The summed E-state index contributed by atoms with van der Waals surface area (Å²) in [7, 11) is 1.67. The highest BCUT2D eigenvalue weighted by Gasteiger charge is 1.99. The van der Waals surface area contributed by atoms with Crippen LogP contribution in [0.25, 0.3) is 0 Å². The van der Waals surface area contributed by atoms with E-state index in [0.717, 1.165) is 13.0 Å². The number of rotatable bonds is 11. The predicted octanol–water partition coefficient (Wildman–Crippen LogP) is 2.62. The number of hydrogen-bond acceptors (Lipinski definition) is 3. The van der Waals surface area contributed by atoms with Gasteiger partial charge in [0.2, 0.25) is 0 Å². The molecule has 0 radical (unpaired) electrons. The van der Waals surface area contributed by atoms with Crippen molar-refractivity contribution in [3.05, 3.63) is 0 Å². The van der Waals surface area contributed by atoms with Gasteiger partial charge in [-0.25, -0.2) is 0 Å². The van der Waals surface area contributed by atoms with E-state index in [-0.39, 0.29) is 0 Å². The number of ether oxygens (including phenoxy) is 3. The summed E-state index contributed by atoms with van der Waals surface area (Å²) in [6, 6.07) is 0. The Morgan fingerprint density at radius 3 is 2.20 bits per heavy atom. The number of halogens is 1. The second-order valence-electron chi connectivity index (χ2n) is 3.37. The maximum absolute atomic E-state index is 5.42. The van der Waals surface area contributed by atoms with Crippen molar-refractivity contribution < 1.29 is 14.2 Å². The van der Waals surface area contributed by atoms with E-state index in [9.17, 15) is 0 Å². The van der Waals surface area contributed by atoms with Gasteiger partial charge in [0, 0.05) is 18.5 Å². The molecule has 0 N–H and O–H groups in total. The molecule has 0 aromatic carbocycles. The van der Waals surface area contributed by atoms with Crippen LogP contribution in [0.5, 0.6) is 0 Å². The zero-order valence-corrected chi connectivity index (χ0v) is 11.4. The number of methoxy groups -OCH3 is 1. The van der Waals surface area contributed by atoms with Crippen LogP contribution in [0, 0.1) is 0 Å². The first-order chi connectivity index (χ1) is 7.31. The Morgan fingerprint density at radius 1 is 1.00 bits per heavy atom. The van der Waals surface area contributed by atoms with Crippen molar-refractivity contribution in [2.24, 2.45) is 0 Å². The second kappa shape index (κ2) is 12.4. The van der Waals surface area contributed by atoms with E-state index in [2.05, 4.69) is 22.9 Å². The van der Waals surface area contributed by atoms with Crippen molar-refractivity contribution in [3.8, 4) is 0 Å². The third-order valence-corrected chi connectivity index (χ3v) is 3.16. The highest BCUT2D eigenvalue weighted by Crippen LogP contribution is 2.11. The Bertz CT molecular complexity index is 122. The summed E-state index contributed by atoms with van der Waals surface area (Å²) in [6.45, 7) is 5.66. The van der Waals surface area contributed by atoms with Crippen LogP contribution in [0.1, 0.15) is 26.2 Å². The lowest BCUT2D eigenvalue weighted by Crippen LogP contribution is -2.09. The zero-order chi connectivity index (χ0) is 11.4. The fraction of sp³-hybridized carbons (Fsp3) is 1.00. The van der Waals surface area contributed by atoms with Crippen LogP contribution in [0.3, 0.4) is 0 Å². The molecular formula is C11H23BrO3. The summed E-state index contributed by atoms with van der Waals surface area (Å²) >= 11 is 3.59. The average molecular weight is 283 g/mol. The van der Waals surface area contributed by atoms with E-state index < -0.39 is 0 Å². The molecule has 0 rings (SSSR count). The van der Waals surface area contributed by atoms with Crippen molar-refractivity contribution in [3.63, 3.8) is 0 Å². The molecule has 92 valence electrons. The summed E-state index contributed by atoms with van der Waals surface area (Å²) in [5.74, 6) is 0. The maximum atomic E-state index is 5.42. The van der Waals surface area contributed by atoms with Crippen molar-refractivity contribution >= 4 is 15.9 Å². The van der Waals surface area contributed by atoms with Crippen LogP contribution in [0.2, 0.25) is 0 Å². The standard InChI is InChI=1S/C11H23BrO3/c1-3-11(12)5-4-6-14-9-10-15-8-7-13-2/h11H,3-10H2,1-2H3. The first kappa shape index (κ1) is 15.4. The van der Waals surface area contributed by atoms with Gasteiger partial charge in [-0.2, -0.15) is 0 Å². The minimum Gasteiger partial charge on any atom is -0.382 e. The van der Waals surface area contributed by atoms with Gasteiger partial charge in [-0.05, 0) is 19.3 Å². The predicted molar refractivity (Wildman–Crippen MR) is 65.8 cm³/mol. The number of hydrogen-bond donors (Lipinski definition) is 0. The largest absolute Gasteiger partial charge is 0.382 e. The van der Waals surface area contributed by atoms with Crippen LogP contribution in [-0.2, 0) is 14.2 Å². The fourth-order valence-corrected chi connectivity index (χ4v) is 1.40. The Balaban J connectivity index is 2.92. The van der Waals surface area contributed by atoms with Gasteiger partial charge >= 0.3 is 0 Å². The van der Waals surface area contributed by atoms with Gasteiger partial charge in [-0.3, -0.25) is 0 Å². The van der Waals surface area contributed by atoms with E-state index >= 15 is 0 Å². The van der Waals surface area contributed by atoms with E-state index in [1.165, 1.54) is 12.8 Å². The highest BCUT2D eigenvalue weighted by molar-refractivity contribution is 9.09. The molecule has 3 nitrogen and oxygen atoms in total. The number of alkyl halides is 1. The first-order valence-corrected chi connectivity index (χ1v) is 6.51.